The van der Waals surface area contributed by atoms with Crippen molar-refractivity contribution in [3.05, 3.63) is 35.1 Å². The fourth-order valence-electron chi connectivity index (χ4n) is 4.26. The number of piperidine rings is 1. The molecular weight excluding hydrogens is 409 g/mol. The van der Waals surface area contributed by atoms with Gasteiger partial charge < -0.3 is 4.74 Å². The SMILES string of the molecule is O=C(CN1CCCC1)OCCN1C(=O)CCC(N2C(=O)c3cccc(F)c3C2=O)C1=O. The van der Waals surface area contributed by atoms with Gasteiger partial charge >= 0.3 is 5.97 Å². The van der Waals surface area contributed by atoms with Crippen molar-refractivity contribution in [2.45, 2.75) is 31.7 Å². The van der Waals surface area contributed by atoms with Gasteiger partial charge in [-0.25, -0.2) is 4.39 Å². The lowest BCUT2D eigenvalue weighted by molar-refractivity contribution is -0.155. The number of nitrogens with zero attached hydrogens (tertiary/aromatic N) is 3. The Kier molecular flexibility index (Phi) is 5.81. The molecule has 1 aromatic carbocycles. The number of fused-ring (bicyclic) bond motifs is 1. The van der Waals surface area contributed by atoms with Gasteiger partial charge in [0.25, 0.3) is 17.7 Å². The summed E-state index contributed by atoms with van der Waals surface area (Å²) in [5, 5.41) is 0. The van der Waals surface area contributed by atoms with Crippen LogP contribution in [0.3, 0.4) is 0 Å². The summed E-state index contributed by atoms with van der Waals surface area (Å²) in [6.07, 6.45) is 1.98. The number of amides is 4. The van der Waals surface area contributed by atoms with Gasteiger partial charge in [0, 0.05) is 6.42 Å². The van der Waals surface area contributed by atoms with Crippen LogP contribution in [0.2, 0.25) is 0 Å². The van der Waals surface area contributed by atoms with Crippen molar-refractivity contribution in [2.24, 2.45) is 0 Å². The van der Waals surface area contributed by atoms with Crippen molar-refractivity contribution in [3.8, 4) is 0 Å². The Morgan fingerprint density at radius 1 is 1.10 bits per heavy atom. The summed E-state index contributed by atoms with van der Waals surface area (Å²) in [5.74, 6) is -4.13. The van der Waals surface area contributed by atoms with Crippen LogP contribution >= 0.6 is 0 Å². The number of likely N-dealkylation sites (tertiary alicyclic amines) is 2. The average Bonchev–Trinajstić information content (AvgIpc) is 3.32. The van der Waals surface area contributed by atoms with Crippen molar-refractivity contribution in [1.82, 2.24) is 14.7 Å². The smallest absolute Gasteiger partial charge is 0.320 e. The van der Waals surface area contributed by atoms with Crippen LogP contribution in [0.15, 0.2) is 18.2 Å². The largest absolute Gasteiger partial charge is 0.463 e. The van der Waals surface area contributed by atoms with Gasteiger partial charge in [0.05, 0.1) is 24.2 Å². The lowest BCUT2D eigenvalue weighted by atomic mass is 10.0. The maximum absolute atomic E-state index is 14.1. The second-order valence-electron chi connectivity index (χ2n) is 7.78. The van der Waals surface area contributed by atoms with E-state index in [-0.39, 0.29) is 43.7 Å². The standard InChI is InChI=1S/C21H22FN3O6/c22-14-5-3-4-13-18(14)21(30)25(19(13)28)15-6-7-16(26)24(20(15)29)10-11-31-17(27)12-23-8-1-2-9-23/h3-5,15H,1-2,6-12H2. The third-order valence-electron chi connectivity index (χ3n) is 5.82. The molecule has 0 aliphatic carbocycles. The Balaban J connectivity index is 1.40. The van der Waals surface area contributed by atoms with Crippen LogP contribution in [0.1, 0.15) is 46.4 Å². The Morgan fingerprint density at radius 2 is 1.84 bits per heavy atom. The number of carbonyl (C=O) groups excluding carboxylic acids is 5. The first-order valence-corrected chi connectivity index (χ1v) is 10.3. The molecule has 1 unspecified atom stereocenters. The van der Waals surface area contributed by atoms with Gasteiger partial charge in [0.15, 0.2) is 0 Å². The summed E-state index contributed by atoms with van der Waals surface area (Å²) in [6.45, 7) is 1.48. The van der Waals surface area contributed by atoms with Crippen molar-refractivity contribution < 1.29 is 33.1 Å². The van der Waals surface area contributed by atoms with E-state index in [2.05, 4.69) is 0 Å². The molecule has 164 valence electrons. The van der Waals surface area contributed by atoms with Crippen molar-refractivity contribution in [1.29, 1.82) is 0 Å². The number of ether oxygens (including phenoxy) is 1. The van der Waals surface area contributed by atoms with E-state index in [1.165, 1.54) is 12.1 Å². The van der Waals surface area contributed by atoms with Gasteiger partial charge in [-0.15, -0.1) is 0 Å². The van der Waals surface area contributed by atoms with Gasteiger partial charge in [-0.1, -0.05) is 6.07 Å². The van der Waals surface area contributed by atoms with Crippen LogP contribution in [-0.4, -0.2) is 83.1 Å². The van der Waals surface area contributed by atoms with Crippen molar-refractivity contribution in [3.63, 3.8) is 0 Å². The molecule has 1 aromatic rings. The molecule has 3 aliphatic heterocycles. The Labute approximate surface area is 177 Å². The average molecular weight is 431 g/mol. The summed E-state index contributed by atoms with van der Waals surface area (Å²) < 4.78 is 19.2. The number of benzene rings is 1. The Hall–Kier alpha value is -3.14. The predicted molar refractivity (Wildman–Crippen MR) is 103 cm³/mol. The van der Waals surface area contributed by atoms with Crippen LogP contribution in [0.5, 0.6) is 0 Å². The molecule has 0 spiro atoms. The number of esters is 1. The van der Waals surface area contributed by atoms with Gasteiger partial charge in [-0.2, -0.15) is 0 Å². The predicted octanol–water partition coefficient (Wildman–Crippen LogP) is 0.578. The number of hydrogen-bond donors (Lipinski definition) is 0. The minimum Gasteiger partial charge on any atom is -0.463 e. The number of rotatable bonds is 6. The van der Waals surface area contributed by atoms with E-state index < -0.39 is 41.5 Å². The van der Waals surface area contributed by atoms with Crippen LogP contribution in [0.4, 0.5) is 4.39 Å². The first-order chi connectivity index (χ1) is 14.9. The van der Waals surface area contributed by atoms with Gasteiger partial charge in [0.2, 0.25) is 5.91 Å². The number of imide groups is 2. The number of hydrogen-bond acceptors (Lipinski definition) is 7. The molecular formula is C21H22FN3O6. The zero-order valence-corrected chi connectivity index (χ0v) is 16.8. The number of halogens is 1. The molecule has 0 radical (unpaired) electrons. The third-order valence-corrected chi connectivity index (χ3v) is 5.82. The zero-order chi connectivity index (χ0) is 22.1. The molecule has 10 heteroatoms. The molecule has 1 atom stereocenters. The number of carbonyl (C=O) groups is 5. The third kappa shape index (κ3) is 3.95. The van der Waals surface area contributed by atoms with Crippen LogP contribution in [-0.2, 0) is 19.1 Å². The summed E-state index contributed by atoms with van der Waals surface area (Å²) in [4.78, 5) is 66.1. The monoisotopic (exact) mass is 431 g/mol. The molecule has 31 heavy (non-hydrogen) atoms. The highest BCUT2D eigenvalue weighted by Crippen LogP contribution is 2.30. The highest BCUT2D eigenvalue weighted by molar-refractivity contribution is 6.23. The quantitative estimate of drug-likeness (QED) is 0.479. The second-order valence-corrected chi connectivity index (χ2v) is 7.78. The maximum Gasteiger partial charge on any atom is 0.320 e. The first kappa shape index (κ1) is 21.1. The highest BCUT2D eigenvalue weighted by atomic mass is 19.1. The van der Waals surface area contributed by atoms with Crippen molar-refractivity contribution >= 4 is 29.6 Å². The second kappa shape index (κ2) is 8.54. The zero-order valence-electron chi connectivity index (χ0n) is 16.8. The van der Waals surface area contributed by atoms with Crippen LogP contribution in [0, 0.1) is 5.82 Å². The van der Waals surface area contributed by atoms with E-state index in [0.717, 1.165) is 41.8 Å². The molecule has 9 nitrogen and oxygen atoms in total. The van der Waals surface area contributed by atoms with E-state index in [1.807, 2.05) is 4.90 Å². The van der Waals surface area contributed by atoms with E-state index in [9.17, 15) is 28.4 Å². The fourth-order valence-corrected chi connectivity index (χ4v) is 4.26. The fraction of sp³-hybridized carbons (Fsp3) is 0.476. The molecule has 4 rings (SSSR count). The van der Waals surface area contributed by atoms with Crippen molar-refractivity contribution in [2.75, 3.05) is 32.8 Å². The Morgan fingerprint density at radius 3 is 2.55 bits per heavy atom. The summed E-state index contributed by atoms with van der Waals surface area (Å²) >= 11 is 0. The molecule has 3 aliphatic rings. The Bertz CT molecular complexity index is 958. The van der Waals surface area contributed by atoms with E-state index >= 15 is 0 Å². The van der Waals surface area contributed by atoms with Gasteiger partial charge in [-0.05, 0) is 44.5 Å². The van der Waals surface area contributed by atoms with Crippen LogP contribution < -0.4 is 0 Å². The first-order valence-electron chi connectivity index (χ1n) is 10.3. The lowest BCUT2D eigenvalue weighted by Gasteiger charge is -2.34. The van der Waals surface area contributed by atoms with Gasteiger partial charge in [0.1, 0.15) is 18.5 Å². The topological polar surface area (TPSA) is 104 Å². The lowest BCUT2D eigenvalue weighted by Crippen LogP contribution is -2.56. The van der Waals surface area contributed by atoms with Crippen LogP contribution in [0.25, 0.3) is 0 Å². The molecule has 2 fully saturated rings. The molecule has 0 bridgehead atoms. The molecule has 2 saturated heterocycles. The molecule has 0 N–H and O–H groups in total. The minimum atomic E-state index is -1.20. The van der Waals surface area contributed by atoms with E-state index in [4.69, 9.17) is 4.74 Å². The molecule has 3 heterocycles. The molecule has 0 aromatic heterocycles. The van der Waals surface area contributed by atoms with E-state index in [0.29, 0.717) is 0 Å². The summed E-state index contributed by atoms with van der Waals surface area (Å²) in [6, 6.07) is 2.51. The van der Waals surface area contributed by atoms with Gasteiger partial charge in [-0.3, -0.25) is 38.7 Å². The summed E-state index contributed by atoms with van der Waals surface area (Å²) in [7, 11) is 0. The maximum atomic E-state index is 14.1. The summed E-state index contributed by atoms with van der Waals surface area (Å²) in [5.41, 5.74) is -0.461. The molecule has 0 saturated carbocycles. The normalized spacial score (nSPS) is 21.8. The highest BCUT2D eigenvalue weighted by Gasteiger charge is 2.47. The minimum absolute atomic E-state index is 0.0317. The van der Waals surface area contributed by atoms with E-state index in [1.54, 1.807) is 0 Å². The molecule has 4 amide bonds.